The Kier molecular flexibility index (Phi) is 6.43. The van der Waals surface area contributed by atoms with Crippen molar-refractivity contribution in [3.8, 4) is 0 Å². The Balaban J connectivity index is 2.40. The van der Waals surface area contributed by atoms with Crippen LogP contribution >= 0.6 is 15.9 Å². The molecule has 0 saturated carbocycles. The number of rotatable bonds is 6. The Morgan fingerprint density at radius 3 is 2.26 bits per heavy atom. The predicted octanol–water partition coefficient (Wildman–Crippen LogP) is 0.273. The molecular weight excluding hydrogens is 436 g/mol. The fourth-order valence-corrected chi connectivity index (χ4v) is 2.86. The van der Waals surface area contributed by atoms with Crippen LogP contribution in [-0.4, -0.2) is 62.5 Å². The van der Waals surface area contributed by atoms with Crippen LogP contribution < -0.4 is 0 Å². The van der Waals surface area contributed by atoms with E-state index >= 15 is 0 Å². The summed E-state index contributed by atoms with van der Waals surface area (Å²) in [6.07, 6.45) is -4.60. The molecule has 0 unspecified atom stereocenters. The van der Waals surface area contributed by atoms with Crippen LogP contribution in [0.4, 0.5) is 5.95 Å². The van der Waals surface area contributed by atoms with Gasteiger partial charge in [0.15, 0.2) is 12.2 Å². The summed E-state index contributed by atoms with van der Waals surface area (Å²) in [6.45, 7) is 3.13. The second kappa shape index (κ2) is 8.39. The molecule has 0 N–H and O–H groups in total. The van der Waals surface area contributed by atoms with Crippen molar-refractivity contribution in [3.63, 3.8) is 0 Å². The van der Waals surface area contributed by atoms with Gasteiger partial charge in [-0.2, -0.15) is 0 Å². The van der Waals surface area contributed by atoms with E-state index in [0.29, 0.717) is 0 Å². The number of aromatic nitrogens is 3. The van der Waals surface area contributed by atoms with Gasteiger partial charge in [0.1, 0.15) is 12.7 Å². The molecule has 4 atom stereocenters. The number of halogens is 1. The fourth-order valence-electron chi connectivity index (χ4n) is 2.42. The summed E-state index contributed by atoms with van der Waals surface area (Å²) in [6, 6.07) is 0. The first-order valence-corrected chi connectivity index (χ1v) is 8.29. The summed E-state index contributed by atoms with van der Waals surface area (Å²) >= 11 is 3.01. The number of nitrogens with zero attached hydrogens (tertiary/aromatic N) is 4. The molecule has 13 nitrogen and oxygen atoms in total. The second-order valence-electron chi connectivity index (χ2n) is 5.40. The first-order valence-electron chi connectivity index (χ1n) is 7.49. The van der Waals surface area contributed by atoms with Gasteiger partial charge in [-0.1, -0.05) is 0 Å². The zero-order valence-electron chi connectivity index (χ0n) is 14.4. The third kappa shape index (κ3) is 4.97. The Bertz CT molecular complexity index is 767. The van der Waals surface area contributed by atoms with Crippen LogP contribution in [0.15, 0.2) is 4.73 Å². The zero-order chi connectivity index (χ0) is 20.3. The van der Waals surface area contributed by atoms with Gasteiger partial charge >= 0.3 is 23.9 Å². The van der Waals surface area contributed by atoms with E-state index in [1.165, 1.54) is 6.92 Å². The van der Waals surface area contributed by atoms with Gasteiger partial charge in [-0.15, -0.1) is 4.68 Å². The van der Waals surface area contributed by atoms with Crippen LogP contribution in [0.25, 0.3) is 0 Å². The van der Waals surface area contributed by atoms with Crippen molar-refractivity contribution in [2.45, 2.75) is 45.3 Å². The standard InChI is InChI=1S/C13H15BrN4O9/c1-5(19)24-4-8-9(25-6(2)20)10(26-7(3)21)11(27-8)17-12(14)15-13(16-17)18(22)23/h8-11H,4H2,1-3H3/t8-,9+,10+,11-/m1/s1. The molecule has 148 valence electrons. The van der Waals surface area contributed by atoms with Gasteiger partial charge < -0.3 is 29.1 Å². The average Bonchev–Trinajstić information content (AvgIpc) is 3.06. The van der Waals surface area contributed by atoms with Crippen LogP contribution in [0, 0.1) is 10.1 Å². The van der Waals surface area contributed by atoms with Crippen molar-refractivity contribution in [1.29, 1.82) is 0 Å². The zero-order valence-corrected chi connectivity index (χ0v) is 15.9. The maximum atomic E-state index is 11.5. The van der Waals surface area contributed by atoms with Gasteiger partial charge in [0.2, 0.25) is 6.23 Å². The molecule has 0 aliphatic carbocycles. The number of carbonyl (C=O) groups is 3. The molecule has 1 aromatic heterocycles. The molecule has 1 saturated heterocycles. The molecule has 1 aliphatic rings. The van der Waals surface area contributed by atoms with Crippen LogP contribution in [0.2, 0.25) is 0 Å². The minimum atomic E-state index is -1.23. The van der Waals surface area contributed by atoms with Crippen LogP contribution in [0.3, 0.4) is 0 Å². The summed E-state index contributed by atoms with van der Waals surface area (Å²) in [5, 5.41) is 14.6. The van der Waals surface area contributed by atoms with E-state index in [2.05, 4.69) is 26.0 Å². The van der Waals surface area contributed by atoms with Crippen molar-refractivity contribution in [3.05, 3.63) is 14.8 Å². The van der Waals surface area contributed by atoms with E-state index in [9.17, 15) is 24.5 Å². The molecule has 1 aliphatic heterocycles. The first kappa shape index (κ1) is 20.7. The van der Waals surface area contributed by atoms with Gasteiger partial charge in [-0.05, 0) is 9.91 Å². The number of carbonyl (C=O) groups excluding carboxylic acids is 3. The van der Waals surface area contributed by atoms with Gasteiger partial charge in [0.05, 0.1) is 0 Å². The predicted molar refractivity (Wildman–Crippen MR) is 86.0 cm³/mol. The molecule has 0 bridgehead atoms. The molecular formula is C13H15BrN4O9. The maximum Gasteiger partial charge on any atom is 0.492 e. The van der Waals surface area contributed by atoms with Gasteiger partial charge in [0.25, 0.3) is 4.73 Å². The molecule has 2 heterocycles. The van der Waals surface area contributed by atoms with Crippen molar-refractivity contribution in [2.75, 3.05) is 6.61 Å². The summed E-state index contributed by atoms with van der Waals surface area (Å²) < 4.78 is 21.8. The number of hydrogen-bond donors (Lipinski definition) is 0. The van der Waals surface area contributed by atoms with Crippen LogP contribution in [0.1, 0.15) is 27.0 Å². The molecule has 1 fully saturated rings. The van der Waals surface area contributed by atoms with E-state index in [4.69, 9.17) is 18.9 Å². The number of nitro groups is 1. The minimum absolute atomic E-state index is 0.0777. The third-order valence-electron chi connectivity index (χ3n) is 3.32. The Hall–Kier alpha value is -2.61. The minimum Gasteiger partial charge on any atom is -0.463 e. The molecule has 1 aromatic rings. The largest absolute Gasteiger partial charge is 0.492 e. The quantitative estimate of drug-likeness (QED) is 0.253. The van der Waals surface area contributed by atoms with Gasteiger partial charge in [0, 0.05) is 41.8 Å². The lowest BCUT2D eigenvalue weighted by Gasteiger charge is -2.22. The summed E-state index contributed by atoms with van der Waals surface area (Å²) in [5.41, 5.74) is 0. The van der Waals surface area contributed by atoms with Crippen molar-refractivity contribution < 1.29 is 38.3 Å². The smallest absolute Gasteiger partial charge is 0.463 e. The molecule has 0 spiro atoms. The lowest BCUT2D eigenvalue weighted by molar-refractivity contribution is -0.394. The third-order valence-corrected chi connectivity index (χ3v) is 3.86. The Labute approximate surface area is 160 Å². The molecule has 14 heteroatoms. The normalized spacial score (nSPS) is 24.3. The van der Waals surface area contributed by atoms with Gasteiger partial charge in [-0.25, -0.2) is 0 Å². The summed E-state index contributed by atoms with van der Waals surface area (Å²) in [4.78, 5) is 47.7. The van der Waals surface area contributed by atoms with Crippen molar-refractivity contribution in [2.24, 2.45) is 0 Å². The molecule has 0 radical (unpaired) electrons. The highest BCUT2D eigenvalue weighted by atomic mass is 79.9. The Morgan fingerprint density at radius 1 is 1.19 bits per heavy atom. The summed E-state index contributed by atoms with van der Waals surface area (Å²) in [5.74, 6) is -2.74. The average molecular weight is 451 g/mol. The highest BCUT2D eigenvalue weighted by Crippen LogP contribution is 2.36. The van der Waals surface area contributed by atoms with Crippen molar-refractivity contribution >= 4 is 39.8 Å². The molecule has 27 heavy (non-hydrogen) atoms. The van der Waals surface area contributed by atoms with E-state index in [1.54, 1.807) is 0 Å². The van der Waals surface area contributed by atoms with Crippen molar-refractivity contribution in [1.82, 2.24) is 14.8 Å². The monoisotopic (exact) mass is 450 g/mol. The van der Waals surface area contributed by atoms with Crippen LogP contribution in [0.5, 0.6) is 0 Å². The van der Waals surface area contributed by atoms with E-state index in [0.717, 1.165) is 18.5 Å². The van der Waals surface area contributed by atoms with Crippen LogP contribution in [-0.2, 0) is 33.3 Å². The number of ether oxygens (including phenoxy) is 4. The Morgan fingerprint density at radius 2 is 1.78 bits per heavy atom. The molecule has 0 amide bonds. The molecule has 0 aromatic carbocycles. The molecule has 2 rings (SSSR count). The maximum absolute atomic E-state index is 11.5. The lowest BCUT2D eigenvalue weighted by Crippen LogP contribution is -2.40. The fraction of sp³-hybridized carbons (Fsp3) is 0.615. The first-order chi connectivity index (χ1) is 12.6. The highest BCUT2D eigenvalue weighted by Gasteiger charge is 2.52. The highest BCUT2D eigenvalue weighted by molar-refractivity contribution is 9.10. The van der Waals surface area contributed by atoms with E-state index in [-0.39, 0.29) is 11.3 Å². The lowest BCUT2D eigenvalue weighted by atomic mass is 10.1. The summed E-state index contributed by atoms with van der Waals surface area (Å²) in [7, 11) is 0. The SMILES string of the molecule is CC(=O)OC[C@H]1O[C@@H](n2nc([N+](=O)[O-])nc2Br)[C@@H](OC(C)=O)[C@H]1OC(C)=O. The van der Waals surface area contributed by atoms with E-state index in [1.807, 2.05) is 0 Å². The second-order valence-corrected chi connectivity index (χ2v) is 6.11. The van der Waals surface area contributed by atoms with Gasteiger partial charge in [-0.3, -0.25) is 14.4 Å². The number of hydrogen-bond acceptors (Lipinski definition) is 11. The number of esters is 3. The van der Waals surface area contributed by atoms with E-state index < -0.39 is 53.3 Å². The topological polar surface area (TPSA) is 162 Å².